The number of esters is 1. The Balaban J connectivity index is 1.46. The van der Waals surface area contributed by atoms with E-state index in [-0.39, 0.29) is 18.6 Å². The molecule has 2 aromatic carbocycles. The van der Waals surface area contributed by atoms with E-state index in [0.29, 0.717) is 24.7 Å². The van der Waals surface area contributed by atoms with Gasteiger partial charge in [0.2, 0.25) is 0 Å². The molecule has 3 aromatic rings. The lowest BCUT2D eigenvalue weighted by molar-refractivity contribution is -0.145. The van der Waals surface area contributed by atoms with Crippen molar-refractivity contribution < 1.29 is 23.8 Å². The van der Waals surface area contributed by atoms with E-state index in [4.69, 9.17) is 13.9 Å². The fourth-order valence-electron chi connectivity index (χ4n) is 3.17. The lowest BCUT2D eigenvalue weighted by atomic mass is 10.1. The van der Waals surface area contributed by atoms with Gasteiger partial charge in [-0.2, -0.15) is 0 Å². The molecule has 0 aliphatic heterocycles. The summed E-state index contributed by atoms with van der Waals surface area (Å²) in [5.74, 6) is 0.836. The number of aliphatic hydroxyl groups excluding tert-OH is 1. The quantitative estimate of drug-likeness (QED) is 0.509. The Kier molecular flexibility index (Phi) is 7.27. The molecule has 0 radical (unpaired) electrons. The van der Waals surface area contributed by atoms with Crippen LogP contribution < -0.4 is 10.1 Å². The van der Waals surface area contributed by atoms with Gasteiger partial charge in [0.1, 0.15) is 17.6 Å². The predicted octanol–water partition coefficient (Wildman–Crippen LogP) is 3.63. The molecular weight excluding hydrogens is 370 g/mol. The van der Waals surface area contributed by atoms with E-state index in [1.54, 1.807) is 13.2 Å². The average Bonchev–Trinajstić information content (AvgIpc) is 3.16. The van der Waals surface area contributed by atoms with Crippen LogP contribution in [0.1, 0.15) is 31.3 Å². The summed E-state index contributed by atoms with van der Waals surface area (Å²) in [6.45, 7) is 4.48. The second-order valence-electron chi connectivity index (χ2n) is 6.95. The highest BCUT2D eigenvalue weighted by molar-refractivity contribution is 5.84. The number of ether oxygens (including phenoxy) is 2. The van der Waals surface area contributed by atoms with Crippen LogP contribution in [0.4, 0.5) is 0 Å². The van der Waals surface area contributed by atoms with Crippen molar-refractivity contribution in [3.63, 3.8) is 0 Å². The van der Waals surface area contributed by atoms with Crippen molar-refractivity contribution >= 4 is 16.7 Å². The van der Waals surface area contributed by atoms with Crippen molar-refractivity contribution in [1.29, 1.82) is 0 Å². The van der Waals surface area contributed by atoms with Crippen molar-refractivity contribution in [3.05, 3.63) is 66.1 Å². The van der Waals surface area contributed by atoms with E-state index in [1.165, 1.54) is 0 Å². The summed E-state index contributed by atoms with van der Waals surface area (Å²) in [6.07, 6.45) is 1.75. The molecule has 0 amide bonds. The molecule has 0 spiro atoms. The molecular formula is C23H27NO5. The molecule has 3 rings (SSSR count). The van der Waals surface area contributed by atoms with Crippen LogP contribution in [0.3, 0.4) is 0 Å². The molecule has 0 saturated heterocycles. The fraction of sp³-hybridized carbons (Fsp3) is 0.348. The standard InChI is InChI=1S/C23H27NO5/c1-3-27-22(26)15-28-19-10-8-17(9-11-19)12-16(2)24-13-21(25)23-20-7-5-4-6-18(20)14-29-23/h4-11,14,16,21,24-25H,3,12-13,15H2,1-2H3/t16-,21?/m1/s1. The van der Waals surface area contributed by atoms with Crippen molar-refractivity contribution in [3.8, 4) is 5.75 Å². The Bertz CT molecular complexity index is 918. The summed E-state index contributed by atoms with van der Waals surface area (Å²) in [4.78, 5) is 11.3. The second-order valence-corrected chi connectivity index (χ2v) is 6.95. The van der Waals surface area contributed by atoms with Crippen molar-refractivity contribution in [2.45, 2.75) is 32.4 Å². The van der Waals surface area contributed by atoms with Gasteiger partial charge in [0.25, 0.3) is 0 Å². The zero-order chi connectivity index (χ0) is 20.6. The highest BCUT2D eigenvalue weighted by atomic mass is 16.6. The number of benzene rings is 2. The summed E-state index contributed by atoms with van der Waals surface area (Å²) in [5.41, 5.74) is 1.13. The van der Waals surface area contributed by atoms with Gasteiger partial charge in [-0.05, 0) is 38.0 Å². The molecule has 6 heteroatoms. The summed E-state index contributed by atoms with van der Waals surface area (Å²) in [6, 6.07) is 15.6. The minimum atomic E-state index is -0.712. The first-order chi connectivity index (χ1) is 14.1. The summed E-state index contributed by atoms with van der Waals surface area (Å²) < 4.78 is 15.8. The first kappa shape index (κ1) is 20.9. The van der Waals surface area contributed by atoms with Crippen LogP contribution in [-0.4, -0.2) is 36.9 Å². The Hall–Kier alpha value is -2.83. The molecule has 1 heterocycles. The van der Waals surface area contributed by atoms with Crippen LogP contribution in [0.2, 0.25) is 0 Å². The number of aliphatic hydroxyl groups is 1. The summed E-state index contributed by atoms with van der Waals surface area (Å²) >= 11 is 0. The van der Waals surface area contributed by atoms with Crippen LogP contribution in [0.5, 0.6) is 5.75 Å². The van der Waals surface area contributed by atoms with Gasteiger partial charge >= 0.3 is 5.97 Å². The highest BCUT2D eigenvalue weighted by Crippen LogP contribution is 2.26. The number of furan rings is 1. The van der Waals surface area contributed by atoms with Gasteiger partial charge in [-0.25, -0.2) is 4.79 Å². The van der Waals surface area contributed by atoms with Gasteiger partial charge in [0.05, 0.1) is 12.9 Å². The molecule has 1 unspecified atom stereocenters. The molecule has 0 fully saturated rings. The Morgan fingerprint density at radius 3 is 2.69 bits per heavy atom. The van der Waals surface area contributed by atoms with Crippen LogP contribution in [0, 0.1) is 0 Å². The zero-order valence-electron chi connectivity index (χ0n) is 16.8. The number of fused-ring (bicyclic) bond motifs is 1. The van der Waals surface area contributed by atoms with Gasteiger partial charge < -0.3 is 24.3 Å². The van der Waals surface area contributed by atoms with E-state index in [1.807, 2.05) is 48.5 Å². The maximum atomic E-state index is 11.3. The third-order valence-corrected chi connectivity index (χ3v) is 4.63. The predicted molar refractivity (Wildman–Crippen MR) is 111 cm³/mol. The normalized spacial score (nSPS) is 13.2. The summed E-state index contributed by atoms with van der Waals surface area (Å²) in [5, 5.41) is 15.8. The zero-order valence-corrected chi connectivity index (χ0v) is 16.8. The maximum Gasteiger partial charge on any atom is 0.344 e. The minimum Gasteiger partial charge on any atom is -0.482 e. The lowest BCUT2D eigenvalue weighted by Crippen LogP contribution is -2.32. The Morgan fingerprint density at radius 1 is 1.17 bits per heavy atom. The van der Waals surface area contributed by atoms with Crippen molar-refractivity contribution in [2.24, 2.45) is 0 Å². The molecule has 29 heavy (non-hydrogen) atoms. The van der Waals surface area contributed by atoms with Crippen LogP contribution in [0.15, 0.2) is 59.2 Å². The first-order valence-electron chi connectivity index (χ1n) is 9.81. The summed E-state index contributed by atoms with van der Waals surface area (Å²) in [7, 11) is 0. The van der Waals surface area contributed by atoms with E-state index >= 15 is 0 Å². The van der Waals surface area contributed by atoms with Crippen molar-refractivity contribution in [1.82, 2.24) is 5.32 Å². The largest absolute Gasteiger partial charge is 0.482 e. The molecule has 0 aliphatic rings. The van der Waals surface area contributed by atoms with Crippen molar-refractivity contribution in [2.75, 3.05) is 19.8 Å². The molecule has 6 nitrogen and oxygen atoms in total. The van der Waals surface area contributed by atoms with E-state index in [9.17, 15) is 9.90 Å². The van der Waals surface area contributed by atoms with Gasteiger partial charge in [-0.3, -0.25) is 0 Å². The van der Waals surface area contributed by atoms with Gasteiger partial charge in [-0.15, -0.1) is 0 Å². The molecule has 2 N–H and O–H groups in total. The fourth-order valence-corrected chi connectivity index (χ4v) is 3.17. The molecule has 0 saturated carbocycles. The van der Waals surface area contributed by atoms with Gasteiger partial charge in [-0.1, -0.05) is 36.4 Å². The molecule has 2 atom stereocenters. The van der Waals surface area contributed by atoms with Gasteiger partial charge in [0, 0.05) is 23.4 Å². The SMILES string of the molecule is CCOC(=O)COc1ccc(C[C@@H](C)NCC(O)c2occ3ccccc23)cc1. The number of rotatable bonds is 10. The number of hydrogen-bond acceptors (Lipinski definition) is 6. The Labute approximate surface area is 170 Å². The molecule has 0 bridgehead atoms. The third-order valence-electron chi connectivity index (χ3n) is 4.63. The maximum absolute atomic E-state index is 11.3. The topological polar surface area (TPSA) is 80.9 Å². The van der Waals surface area contributed by atoms with Crippen LogP contribution >= 0.6 is 0 Å². The second kappa shape index (κ2) is 10.1. The number of hydrogen-bond donors (Lipinski definition) is 2. The first-order valence-corrected chi connectivity index (χ1v) is 9.81. The smallest absolute Gasteiger partial charge is 0.344 e. The molecule has 154 valence electrons. The Morgan fingerprint density at radius 2 is 1.93 bits per heavy atom. The molecule has 0 aliphatic carbocycles. The van der Waals surface area contributed by atoms with Gasteiger partial charge in [0.15, 0.2) is 6.61 Å². The van der Waals surface area contributed by atoms with Crippen LogP contribution in [0.25, 0.3) is 10.8 Å². The minimum absolute atomic E-state index is 0.0928. The average molecular weight is 397 g/mol. The molecule has 1 aromatic heterocycles. The lowest BCUT2D eigenvalue weighted by Gasteiger charge is -2.17. The van der Waals surface area contributed by atoms with E-state index in [2.05, 4.69) is 12.2 Å². The van der Waals surface area contributed by atoms with E-state index < -0.39 is 6.10 Å². The highest BCUT2D eigenvalue weighted by Gasteiger charge is 2.16. The third kappa shape index (κ3) is 5.82. The number of carbonyl (C=O) groups is 1. The van der Waals surface area contributed by atoms with Crippen LogP contribution in [-0.2, 0) is 16.0 Å². The number of carbonyl (C=O) groups excluding carboxylic acids is 1. The number of nitrogens with one attached hydrogen (secondary N) is 1. The van der Waals surface area contributed by atoms with E-state index in [0.717, 1.165) is 22.8 Å². The monoisotopic (exact) mass is 397 g/mol.